The van der Waals surface area contributed by atoms with Gasteiger partial charge >= 0.3 is 0 Å². The first kappa shape index (κ1) is 10.5. The number of thioether (sulfide) groups is 1. The average molecular weight is 213 g/mol. The van der Waals surface area contributed by atoms with Gasteiger partial charge in [-0.1, -0.05) is 11.8 Å². The summed E-state index contributed by atoms with van der Waals surface area (Å²) in [5.74, 6) is 1.18. The molecular weight excluding hydrogens is 202 g/mol. The lowest BCUT2D eigenvalue weighted by molar-refractivity contribution is 0.730. The van der Waals surface area contributed by atoms with Gasteiger partial charge in [0, 0.05) is 7.05 Å². The standard InChI is InChI=1S/C6H11N7S/c1-13-4(10-3-11-13)2-14-6(9)12-5(7)8/h3H,2H2,1H3,(H5,7,8,9,12). The molecule has 0 saturated carbocycles. The summed E-state index contributed by atoms with van der Waals surface area (Å²) in [5.41, 5.74) is 10.2. The Morgan fingerprint density at radius 3 is 2.93 bits per heavy atom. The summed E-state index contributed by atoms with van der Waals surface area (Å²) < 4.78 is 1.63. The van der Waals surface area contributed by atoms with E-state index in [9.17, 15) is 0 Å². The molecule has 5 N–H and O–H groups in total. The lowest BCUT2D eigenvalue weighted by atomic mass is 10.7. The molecule has 0 bridgehead atoms. The molecule has 76 valence electrons. The lowest BCUT2D eigenvalue weighted by Crippen LogP contribution is -2.23. The molecule has 0 aliphatic carbocycles. The fourth-order valence-corrected chi connectivity index (χ4v) is 1.43. The SMILES string of the molecule is Cn1ncnc1CSC(=N)N=C(N)N. The van der Waals surface area contributed by atoms with Crippen LogP contribution in [0, 0.1) is 5.41 Å². The van der Waals surface area contributed by atoms with Crippen molar-refractivity contribution >= 4 is 22.9 Å². The fourth-order valence-electron chi connectivity index (χ4n) is 0.733. The smallest absolute Gasteiger partial charge is 0.193 e. The van der Waals surface area contributed by atoms with Gasteiger partial charge in [-0.15, -0.1) is 0 Å². The minimum absolute atomic E-state index is 0.0630. The number of nitrogens with zero attached hydrogens (tertiary/aromatic N) is 4. The number of aryl methyl sites for hydroxylation is 1. The van der Waals surface area contributed by atoms with Crippen molar-refractivity contribution in [1.82, 2.24) is 14.8 Å². The number of aromatic nitrogens is 3. The third-order valence-corrected chi connectivity index (χ3v) is 2.14. The van der Waals surface area contributed by atoms with E-state index in [0.717, 1.165) is 5.82 Å². The van der Waals surface area contributed by atoms with Crippen LogP contribution in [0.15, 0.2) is 11.3 Å². The van der Waals surface area contributed by atoms with Crippen LogP contribution in [0.2, 0.25) is 0 Å². The highest BCUT2D eigenvalue weighted by Crippen LogP contribution is 2.10. The number of rotatable bonds is 2. The minimum atomic E-state index is -0.111. The summed E-state index contributed by atoms with van der Waals surface area (Å²) in [4.78, 5) is 7.56. The third kappa shape index (κ3) is 3.05. The molecule has 0 aromatic carbocycles. The minimum Gasteiger partial charge on any atom is -0.370 e. The van der Waals surface area contributed by atoms with Crippen molar-refractivity contribution in [3.05, 3.63) is 12.2 Å². The van der Waals surface area contributed by atoms with Gasteiger partial charge in [0.05, 0.1) is 5.75 Å². The number of nitrogens with one attached hydrogen (secondary N) is 1. The molecule has 0 fully saturated rings. The molecule has 14 heavy (non-hydrogen) atoms. The zero-order chi connectivity index (χ0) is 10.6. The van der Waals surface area contributed by atoms with Gasteiger partial charge in [0.15, 0.2) is 11.1 Å². The van der Waals surface area contributed by atoms with Crippen molar-refractivity contribution in [2.24, 2.45) is 23.5 Å². The van der Waals surface area contributed by atoms with Crippen LogP contribution in [0.5, 0.6) is 0 Å². The van der Waals surface area contributed by atoms with E-state index in [1.165, 1.54) is 18.1 Å². The van der Waals surface area contributed by atoms with Gasteiger partial charge < -0.3 is 11.5 Å². The quantitative estimate of drug-likeness (QED) is 0.441. The predicted molar refractivity (Wildman–Crippen MR) is 55.8 cm³/mol. The maximum atomic E-state index is 7.35. The van der Waals surface area contributed by atoms with E-state index in [4.69, 9.17) is 16.9 Å². The molecule has 1 aromatic rings. The van der Waals surface area contributed by atoms with E-state index in [2.05, 4.69) is 15.1 Å². The number of hydrogen-bond acceptors (Lipinski definition) is 4. The third-order valence-electron chi connectivity index (χ3n) is 1.37. The number of aliphatic imine (C=N–C) groups is 1. The van der Waals surface area contributed by atoms with Gasteiger partial charge in [0.25, 0.3) is 0 Å². The van der Waals surface area contributed by atoms with Crippen LogP contribution in [0.25, 0.3) is 0 Å². The van der Waals surface area contributed by atoms with E-state index in [1.54, 1.807) is 11.7 Å². The zero-order valence-corrected chi connectivity index (χ0v) is 8.45. The first-order chi connectivity index (χ1) is 6.59. The Labute approximate surface area is 85.1 Å². The highest BCUT2D eigenvalue weighted by molar-refractivity contribution is 8.13. The van der Waals surface area contributed by atoms with Gasteiger partial charge in [-0.2, -0.15) is 10.1 Å². The lowest BCUT2D eigenvalue weighted by Gasteiger charge is -1.98. The van der Waals surface area contributed by atoms with Crippen LogP contribution < -0.4 is 11.5 Å². The Balaban J connectivity index is 2.46. The number of guanidine groups is 1. The van der Waals surface area contributed by atoms with Crippen LogP contribution in [-0.4, -0.2) is 25.9 Å². The molecule has 0 radical (unpaired) electrons. The molecule has 0 saturated heterocycles. The Morgan fingerprint density at radius 2 is 2.43 bits per heavy atom. The second-order valence-corrected chi connectivity index (χ2v) is 3.39. The summed E-state index contributed by atoms with van der Waals surface area (Å²) in [7, 11) is 1.78. The number of nitrogens with two attached hydrogens (primary N) is 2. The second kappa shape index (κ2) is 4.61. The van der Waals surface area contributed by atoms with Crippen molar-refractivity contribution in [2.45, 2.75) is 5.75 Å². The summed E-state index contributed by atoms with van der Waals surface area (Å²) in [6, 6.07) is 0. The van der Waals surface area contributed by atoms with Gasteiger partial charge in [0.2, 0.25) is 0 Å². The van der Waals surface area contributed by atoms with Crippen molar-refractivity contribution in [3.63, 3.8) is 0 Å². The molecule has 1 aromatic heterocycles. The first-order valence-electron chi connectivity index (χ1n) is 3.73. The second-order valence-electron chi connectivity index (χ2n) is 2.43. The molecule has 7 nitrogen and oxygen atoms in total. The molecule has 0 atom stereocenters. The van der Waals surface area contributed by atoms with Crippen molar-refractivity contribution in [2.75, 3.05) is 0 Å². The Kier molecular flexibility index (Phi) is 3.46. The summed E-state index contributed by atoms with van der Waals surface area (Å²) in [6.45, 7) is 0. The topological polar surface area (TPSA) is 119 Å². The first-order valence-corrected chi connectivity index (χ1v) is 4.72. The summed E-state index contributed by atoms with van der Waals surface area (Å²) >= 11 is 1.19. The van der Waals surface area contributed by atoms with Gasteiger partial charge in [-0.05, 0) is 0 Å². The monoisotopic (exact) mass is 213 g/mol. The molecule has 0 amide bonds. The molecular formula is C6H11N7S. The highest BCUT2D eigenvalue weighted by atomic mass is 32.2. The van der Waals surface area contributed by atoms with Crippen LogP contribution in [-0.2, 0) is 12.8 Å². The normalized spacial score (nSPS) is 9.79. The van der Waals surface area contributed by atoms with Crippen LogP contribution in [0.1, 0.15) is 5.82 Å². The van der Waals surface area contributed by atoms with Crippen molar-refractivity contribution < 1.29 is 0 Å². The van der Waals surface area contributed by atoms with E-state index in [1.807, 2.05) is 0 Å². The maximum absolute atomic E-state index is 7.35. The molecule has 0 unspecified atom stereocenters. The van der Waals surface area contributed by atoms with Crippen LogP contribution in [0.3, 0.4) is 0 Å². The zero-order valence-electron chi connectivity index (χ0n) is 7.64. The van der Waals surface area contributed by atoms with Gasteiger partial charge in [-0.3, -0.25) is 10.1 Å². The fraction of sp³-hybridized carbons (Fsp3) is 0.333. The van der Waals surface area contributed by atoms with E-state index >= 15 is 0 Å². The summed E-state index contributed by atoms with van der Waals surface area (Å²) in [5, 5.41) is 11.3. The Bertz CT molecular complexity index is 351. The van der Waals surface area contributed by atoms with Crippen LogP contribution in [0.4, 0.5) is 0 Å². The number of hydrogen-bond donors (Lipinski definition) is 3. The van der Waals surface area contributed by atoms with Crippen molar-refractivity contribution in [3.8, 4) is 0 Å². The number of amidine groups is 1. The molecule has 0 aliphatic heterocycles. The molecule has 0 spiro atoms. The Morgan fingerprint density at radius 1 is 1.71 bits per heavy atom. The Hall–Kier alpha value is -1.57. The highest BCUT2D eigenvalue weighted by Gasteiger charge is 2.02. The maximum Gasteiger partial charge on any atom is 0.193 e. The summed E-state index contributed by atoms with van der Waals surface area (Å²) in [6.07, 6.45) is 1.46. The van der Waals surface area contributed by atoms with Crippen molar-refractivity contribution in [1.29, 1.82) is 5.41 Å². The molecule has 1 heterocycles. The predicted octanol–water partition coefficient (Wildman–Crippen LogP) is -0.744. The van der Waals surface area contributed by atoms with E-state index < -0.39 is 0 Å². The average Bonchev–Trinajstić information content (AvgIpc) is 2.46. The molecule has 8 heteroatoms. The molecule has 1 rings (SSSR count). The largest absolute Gasteiger partial charge is 0.370 e. The van der Waals surface area contributed by atoms with Gasteiger partial charge in [0.1, 0.15) is 12.2 Å². The van der Waals surface area contributed by atoms with Gasteiger partial charge in [-0.25, -0.2) is 4.98 Å². The van der Waals surface area contributed by atoms with E-state index in [0.29, 0.717) is 5.75 Å². The molecule has 0 aliphatic rings. The van der Waals surface area contributed by atoms with E-state index in [-0.39, 0.29) is 11.1 Å². The van der Waals surface area contributed by atoms with Crippen LogP contribution >= 0.6 is 11.8 Å².